The van der Waals surface area contributed by atoms with Crippen LogP contribution in [0.4, 0.5) is 5.69 Å². The van der Waals surface area contributed by atoms with Gasteiger partial charge >= 0.3 is 0 Å². The number of hydrogen-bond donors (Lipinski definition) is 2. The second-order valence-electron chi connectivity index (χ2n) is 4.42. The molecule has 17 heavy (non-hydrogen) atoms. The number of aromatic hydroxyl groups is 1. The lowest BCUT2D eigenvalue weighted by atomic mass is 10.0. The first-order chi connectivity index (χ1) is 8.16. The highest BCUT2D eigenvalue weighted by Gasteiger charge is 2.22. The molecule has 92 valence electrons. The Bertz CT molecular complexity index is 411. The van der Waals surface area contributed by atoms with E-state index >= 15 is 0 Å². The number of phenols is 1. The van der Waals surface area contributed by atoms with Crippen molar-refractivity contribution in [3.8, 4) is 5.75 Å². The zero-order valence-electron chi connectivity index (χ0n) is 9.90. The molecule has 1 fully saturated rings. The van der Waals surface area contributed by atoms with Gasteiger partial charge in [-0.25, -0.2) is 0 Å². The fourth-order valence-corrected chi connectivity index (χ4v) is 1.93. The third-order valence-electron chi connectivity index (χ3n) is 2.94. The molecule has 0 aliphatic carbocycles. The fraction of sp³-hybridized carbons (Fsp3) is 0.462. The number of nitrogens with one attached hydrogen (secondary N) is 1. The first-order valence-electron chi connectivity index (χ1n) is 5.85. The van der Waals surface area contributed by atoms with Gasteiger partial charge in [-0.05, 0) is 37.5 Å². The van der Waals surface area contributed by atoms with Gasteiger partial charge in [0.05, 0.1) is 18.2 Å². The van der Waals surface area contributed by atoms with E-state index in [2.05, 4.69) is 5.32 Å². The molecule has 0 radical (unpaired) electrons. The maximum absolute atomic E-state index is 11.9. The summed E-state index contributed by atoms with van der Waals surface area (Å²) in [6, 6.07) is 5.20. The topological polar surface area (TPSA) is 58.6 Å². The Morgan fingerprint density at radius 2 is 2.35 bits per heavy atom. The Kier molecular flexibility index (Phi) is 3.64. The summed E-state index contributed by atoms with van der Waals surface area (Å²) < 4.78 is 5.27. The summed E-state index contributed by atoms with van der Waals surface area (Å²) in [4.78, 5) is 11.9. The van der Waals surface area contributed by atoms with E-state index in [0.29, 0.717) is 12.3 Å². The number of ether oxygens (including phenoxy) is 1. The lowest BCUT2D eigenvalue weighted by Crippen LogP contribution is -2.30. The molecule has 0 bridgehead atoms. The number of carbonyl (C=O) groups is 1. The maximum atomic E-state index is 11.9. The van der Waals surface area contributed by atoms with Crippen molar-refractivity contribution in [1.29, 1.82) is 0 Å². The highest BCUT2D eigenvalue weighted by molar-refractivity contribution is 5.94. The Balaban J connectivity index is 2.02. The summed E-state index contributed by atoms with van der Waals surface area (Å²) in [5.74, 6) is -0.0802. The number of aryl methyl sites for hydroxylation is 1. The van der Waals surface area contributed by atoms with E-state index in [1.807, 2.05) is 13.0 Å². The van der Waals surface area contributed by atoms with Crippen LogP contribution in [0.1, 0.15) is 18.4 Å². The standard InChI is InChI=1S/C13H17NO3/c1-9-4-5-11(12(15)7-9)14-13(16)10-3-2-6-17-8-10/h4-5,7,10,15H,2-3,6,8H2,1H3,(H,14,16). The predicted octanol–water partition coefficient (Wildman–Crippen LogP) is 2.07. The summed E-state index contributed by atoms with van der Waals surface area (Å²) in [6.07, 6.45) is 1.76. The fourth-order valence-electron chi connectivity index (χ4n) is 1.93. The van der Waals surface area contributed by atoms with Crippen LogP contribution in [0.15, 0.2) is 18.2 Å². The van der Waals surface area contributed by atoms with E-state index in [4.69, 9.17) is 4.74 Å². The molecule has 1 aliphatic heterocycles. The summed E-state index contributed by atoms with van der Waals surface area (Å²) >= 11 is 0. The van der Waals surface area contributed by atoms with Crippen LogP contribution in [0, 0.1) is 12.8 Å². The highest BCUT2D eigenvalue weighted by atomic mass is 16.5. The summed E-state index contributed by atoms with van der Waals surface area (Å²) in [5, 5.41) is 12.4. The molecule has 1 aromatic rings. The molecular formula is C13H17NO3. The minimum absolute atomic E-state index is 0.0798. The molecule has 4 heteroatoms. The number of benzene rings is 1. The van der Waals surface area contributed by atoms with Gasteiger partial charge in [-0.3, -0.25) is 4.79 Å². The van der Waals surface area contributed by atoms with Crippen molar-refractivity contribution in [2.75, 3.05) is 18.5 Å². The number of hydrogen-bond acceptors (Lipinski definition) is 3. The van der Waals surface area contributed by atoms with Crippen molar-refractivity contribution < 1.29 is 14.6 Å². The number of carbonyl (C=O) groups excluding carboxylic acids is 1. The van der Waals surface area contributed by atoms with Gasteiger partial charge in [0.1, 0.15) is 5.75 Å². The van der Waals surface area contributed by atoms with E-state index in [1.165, 1.54) is 0 Å². The van der Waals surface area contributed by atoms with Crippen LogP contribution in [0.3, 0.4) is 0 Å². The van der Waals surface area contributed by atoms with Gasteiger partial charge in [-0.15, -0.1) is 0 Å². The molecule has 1 atom stereocenters. The van der Waals surface area contributed by atoms with Crippen molar-refractivity contribution in [1.82, 2.24) is 0 Å². The first-order valence-corrected chi connectivity index (χ1v) is 5.85. The largest absolute Gasteiger partial charge is 0.506 e. The molecule has 1 aromatic carbocycles. The average Bonchev–Trinajstić information content (AvgIpc) is 2.34. The molecular weight excluding hydrogens is 218 g/mol. The SMILES string of the molecule is Cc1ccc(NC(=O)C2CCCOC2)c(O)c1. The van der Waals surface area contributed by atoms with Gasteiger partial charge in [-0.2, -0.15) is 0 Å². The third kappa shape index (κ3) is 2.97. The Hall–Kier alpha value is -1.55. The van der Waals surface area contributed by atoms with E-state index < -0.39 is 0 Å². The smallest absolute Gasteiger partial charge is 0.229 e. The molecule has 0 aromatic heterocycles. The van der Waals surface area contributed by atoms with Gasteiger partial charge < -0.3 is 15.2 Å². The molecule has 0 spiro atoms. The summed E-state index contributed by atoms with van der Waals surface area (Å²) in [6.45, 7) is 3.10. The van der Waals surface area contributed by atoms with E-state index in [-0.39, 0.29) is 17.6 Å². The second-order valence-corrected chi connectivity index (χ2v) is 4.42. The molecule has 1 amide bonds. The lowest BCUT2D eigenvalue weighted by molar-refractivity contribution is -0.123. The van der Waals surface area contributed by atoms with Crippen LogP contribution < -0.4 is 5.32 Å². The van der Waals surface area contributed by atoms with Crippen molar-refractivity contribution in [2.24, 2.45) is 5.92 Å². The van der Waals surface area contributed by atoms with Crippen molar-refractivity contribution in [3.63, 3.8) is 0 Å². The van der Waals surface area contributed by atoms with E-state index in [1.54, 1.807) is 12.1 Å². The van der Waals surface area contributed by atoms with Crippen molar-refractivity contribution in [3.05, 3.63) is 23.8 Å². The van der Waals surface area contributed by atoms with Crippen molar-refractivity contribution in [2.45, 2.75) is 19.8 Å². The molecule has 1 saturated heterocycles. The van der Waals surface area contributed by atoms with Gasteiger partial charge in [0, 0.05) is 6.61 Å². The Labute approximate surface area is 101 Å². The van der Waals surface area contributed by atoms with Crippen LogP contribution in [-0.4, -0.2) is 24.2 Å². The van der Waals surface area contributed by atoms with Gasteiger partial charge in [-0.1, -0.05) is 6.07 Å². The molecule has 1 unspecified atom stereocenters. The zero-order chi connectivity index (χ0) is 12.3. The van der Waals surface area contributed by atoms with Crippen LogP contribution in [0.2, 0.25) is 0 Å². The van der Waals surface area contributed by atoms with Gasteiger partial charge in [0.15, 0.2) is 0 Å². The normalized spacial score (nSPS) is 19.9. The van der Waals surface area contributed by atoms with Crippen LogP contribution in [-0.2, 0) is 9.53 Å². The van der Waals surface area contributed by atoms with Gasteiger partial charge in [0.2, 0.25) is 5.91 Å². The second kappa shape index (κ2) is 5.19. The number of rotatable bonds is 2. The Morgan fingerprint density at radius 3 is 3.00 bits per heavy atom. The predicted molar refractivity (Wildman–Crippen MR) is 65.0 cm³/mol. The molecule has 2 N–H and O–H groups in total. The monoisotopic (exact) mass is 235 g/mol. The maximum Gasteiger partial charge on any atom is 0.229 e. The minimum Gasteiger partial charge on any atom is -0.506 e. The zero-order valence-corrected chi connectivity index (χ0v) is 9.90. The van der Waals surface area contributed by atoms with Crippen LogP contribution >= 0.6 is 0 Å². The number of phenolic OH excluding ortho intramolecular Hbond substituents is 1. The molecule has 1 aliphatic rings. The third-order valence-corrected chi connectivity index (χ3v) is 2.94. The minimum atomic E-state index is -0.107. The summed E-state index contributed by atoms with van der Waals surface area (Å²) in [7, 11) is 0. The number of anilines is 1. The average molecular weight is 235 g/mol. The Morgan fingerprint density at radius 1 is 1.53 bits per heavy atom. The van der Waals surface area contributed by atoms with Gasteiger partial charge in [0.25, 0.3) is 0 Å². The summed E-state index contributed by atoms with van der Waals surface area (Å²) in [5.41, 5.74) is 1.42. The van der Waals surface area contributed by atoms with Crippen LogP contribution in [0.5, 0.6) is 5.75 Å². The quantitative estimate of drug-likeness (QED) is 0.771. The lowest BCUT2D eigenvalue weighted by Gasteiger charge is -2.21. The first kappa shape index (κ1) is 11.9. The molecule has 2 rings (SSSR count). The highest BCUT2D eigenvalue weighted by Crippen LogP contribution is 2.25. The van der Waals surface area contributed by atoms with E-state index in [0.717, 1.165) is 25.0 Å². The molecule has 4 nitrogen and oxygen atoms in total. The molecule has 0 saturated carbocycles. The molecule has 1 heterocycles. The number of amides is 1. The van der Waals surface area contributed by atoms with E-state index in [9.17, 15) is 9.90 Å². The van der Waals surface area contributed by atoms with Crippen LogP contribution in [0.25, 0.3) is 0 Å². The van der Waals surface area contributed by atoms with Crippen molar-refractivity contribution >= 4 is 11.6 Å².